The second-order valence-electron chi connectivity index (χ2n) is 8.04. The molecule has 0 fully saturated rings. The van der Waals surface area contributed by atoms with Gasteiger partial charge in [-0.05, 0) is 73.1 Å². The Bertz CT molecular complexity index is 1110. The lowest BCUT2D eigenvalue weighted by atomic mass is 9.90. The van der Waals surface area contributed by atoms with Crippen LogP contribution in [-0.2, 0) is 11.2 Å². The monoisotopic (exact) mass is 430 g/mol. The molecule has 164 valence electrons. The number of rotatable bonds is 8. The van der Waals surface area contributed by atoms with Gasteiger partial charge in [0.15, 0.2) is 0 Å². The molecule has 1 aromatic carbocycles. The number of nitrogens with two attached hydrogens (primary N) is 1. The number of halogens is 1. The molecular formula is C26H27FN4O. The van der Waals surface area contributed by atoms with Gasteiger partial charge in [-0.15, -0.1) is 0 Å². The molecule has 1 aliphatic rings. The summed E-state index contributed by atoms with van der Waals surface area (Å²) in [7, 11) is 0. The fourth-order valence-electron chi connectivity index (χ4n) is 4.16. The summed E-state index contributed by atoms with van der Waals surface area (Å²) in [6.07, 6.45) is 10.6. The normalized spacial score (nSPS) is 14.5. The van der Waals surface area contributed by atoms with E-state index in [0.717, 1.165) is 36.1 Å². The zero-order valence-corrected chi connectivity index (χ0v) is 17.9. The second-order valence-corrected chi connectivity index (χ2v) is 8.04. The molecule has 6 heteroatoms. The number of carbonyl (C=O) groups excluding carboxylic acids is 1. The molecule has 3 aromatic rings. The summed E-state index contributed by atoms with van der Waals surface area (Å²) in [6.45, 7) is 0.546. The van der Waals surface area contributed by atoms with Crippen LogP contribution in [0.15, 0.2) is 67.0 Å². The highest BCUT2D eigenvalue weighted by atomic mass is 19.1. The van der Waals surface area contributed by atoms with Gasteiger partial charge in [0.05, 0.1) is 11.6 Å². The molecule has 2 aromatic heterocycles. The van der Waals surface area contributed by atoms with Crippen molar-refractivity contribution in [2.45, 2.75) is 38.0 Å². The first-order valence-electron chi connectivity index (χ1n) is 11.0. The highest BCUT2D eigenvalue weighted by molar-refractivity contribution is 5.87. The van der Waals surface area contributed by atoms with Crippen LogP contribution in [0, 0.1) is 5.82 Å². The maximum atomic E-state index is 13.5. The number of allylic oxidation sites excluding steroid dienone is 2. The first-order chi connectivity index (χ1) is 15.6. The molecule has 1 amide bonds. The summed E-state index contributed by atoms with van der Waals surface area (Å²) in [5.74, 6) is -0.754. The Morgan fingerprint density at radius 1 is 1.16 bits per heavy atom. The lowest BCUT2D eigenvalue weighted by Crippen LogP contribution is -2.24. The Hall–Kier alpha value is -3.54. The van der Waals surface area contributed by atoms with Crippen LogP contribution in [0.25, 0.3) is 5.57 Å². The summed E-state index contributed by atoms with van der Waals surface area (Å²) < 4.78 is 13.5. The number of primary amides is 1. The molecule has 1 unspecified atom stereocenters. The minimum atomic E-state index is -0.665. The molecule has 5 nitrogen and oxygen atoms in total. The third-order valence-corrected chi connectivity index (χ3v) is 5.75. The number of hydrogen-bond acceptors (Lipinski definition) is 4. The highest BCUT2D eigenvalue weighted by Crippen LogP contribution is 2.32. The minimum absolute atomic E-state index is 0.252. The molecule has 0 spiro atoms. The van der Waals surface area contributed by atoms with Gasteiger partial charge in [-0.25, -0.2) is 9.37 Å². The van der Waals surface area contributed by atoms with Crippen LogP contribution in [0.2, 0.25) is 0 Å². The van der Waals surface area contributed by atoms with Gasteiger partial charge in [0.25, 0.3) is 0 Å². The Morgan fingerprint density at radius 2 is 2.06 bits per heavy atom. The van der Waals surface area contributed by atoms with E-state index in [-0.39, 0.29) is 5.82 Å². The van der Waals surface area contributed by atoms with E-state index in [2.05, 4.69) is 16.4 Å². The fraction of sp³-hybridized carbons (Fsp3) is 0.269. The van der Waals surface area contributed by atoms with Crippen LogP contribution in [-0.4, -0.2) is 22.4 Å². The molecule has 3 N–H and O–H groups in total. The van der Waals surface area contributed by atoms with Crippen LogP contribution in [0.5, 0.6) is 0 Å². The van der Waals surface area contributed by atoms with Crippen LogP contribution >= 0.6 is 0 Å². The van der Waals surface area contributed by atoms with Crippen LogP contribution in [0.3, 0.4) is 0 Å². The Labute approximate surface area is 187 Å². The van der Waals surface area contributed by atoms with Gasteiger partial charge in [-0.1, -0.05) is 30.3 Å². The third-order valence-electron chi connectivity index (χ3n) is 5.75. The average Bonchev–Trinajstić information content (AvgIpc) is 2.81. The van der Waals surface area contributed by atoms with Crippen molar-refractivity contribution in [3.8, 4) is 0 Å². The SMILES string of the molecule is NC(=O)C(c1cccnc1)c1ccc(C2=CCCCC2)nc1NCCc1cccc(F)c1. The van der Waals surface area contributed by atoms with Crippen LogP contribution in [0.4, 0.5) is 10.2 Å². The molecule has 0 bridgehead atoms. The molecule has 1 atom stereocenters. The predicted octanol–water partition coefficient (Wildman–Crippen LogP) is 4.84. The lowest BCUT2D eigenvalue weighted by molar-refractivity contribution is -0.118. The van der Waals surface area contributed by atoms with Crippen molar-refractivity contribution in [2.24, 2.45) is 5.73 Å². The largest absolute Gasteiger partial charge is 0.369 e. The topological polar surface area (TPSA) is 80.9 Å². The number of nitrogens with one attached hydrogen (secondary N) is 1. The van der Waals surface area contributed by atoms with Gasteiger partial charge < -0.3 is 11.1 Å². The molecule has 0 aliphatic heterocycles. The summed E-state index contributed by atoms with van der Waals surface area (Å²) in [6, 6.07) is 14.1. The van der Waals surface area contributed by atoms with Gasteiger partial charge in [0.2, 0.25) is 5.91 Å². The van der Waals surface area contributed by atoms with E-state index in [9.17, 15) is 9.18 Å². The van der Waals surface area contributed by atoms with Crippen molar-refractivity contribution in [3.05, 3.63) is 95.2 Å². The molecule has 2 heterocycles. The number of hydrogen-bond donors (Lipinski definition) is 2. The second kappa shape index (κ2) is 10.2. The Balaban J connectivity index is 1.66. The first-order valence-corrected chi connectivity index (χ1v) is 11.0. The zero-order valence-electron chi connectivity index (χ0n) is 17.9. The maximum absolute atomic E-state index is 13.5. The number of anilines is 1. The average molecular weight is 431 g/mol. The molecule has 0 radical (unpaired) electrons. The van der Waals surface area contributed by atoms with E-state index < -0.39 is 11.8 Å². The zero-order chi connectivity index (χ0) is 22.3. The van der Waals surface area contributed by atoms with Crippen molar-refractivity contribution in [1.29, 1.82) is 0 Å². The third kappa shape index (κ3) is 5.19. The summed E-state index contributed by atoms with van der Waals surface area (Å²) >= 11 is 0. The molecule has 4 rings (SSSR count). The minimum Gasteiger partial charge on any atom is -0.369 e. The fourth-order valence-corrected chi connectivity index (χ4v) is 4.16. The number of aromatic nitrogens is 2. The molecule has 0 saturated carbocycles. The van der Waals surface area contributed by atoms with Gasteiger partial charge in [0.1, 0.15) is 11.6 Å². The number of amides is 1. The number of pyridine rings is 2. The van der Waals surface area contributed by atoms with Crippen molar-refractivity contribution in [3.63, 3.8) is 0 Å². The quantitative estimate of drug-likeness (QED) is 0.536. The number of benzene rings is 1. The highest BCUT2D eigenvalue weighted by Gasteiger charge is 2.25. The summed E-state index contributed by atoms with van der Waals surface area (Å²) in [4.78, 5) is 21.5. The predicted molar refractivity (Wildman–Crippen MR) is 125 cm³/mol. The molecule has 1 aliphatic carbocycles. The molecule has 32 heavy (non-hydrogen) atoms. The van der Waals surface area contributed by atoms with Crippen molar-refractivity contribution < 1.29 is 9.18 Å². The van der Waals surface area contributed by atoms with E-state index in [0.29, 0.717) is 24.3 Å². The summed E-state index contributed by atoms with van der Waals surface area (Å²) in [5, 5.41) is 3.38. The van der Waals surface area contributed by atoms with Crippen molar-refractivity contribution >= 4 is 17.3 Å². The van der Waals surface area contributed by atoms with E-state index in [1.165, 1.54) is 24.1 Å². The van der Waals surface area contributed by atoms with Gasteiger partial charge >= 0.3 is 0 Å². The standard InChI is InChI=1S/C26H27FN4O/c27-21-10-4-6-18(16-21)13-15-30-26-22(24(25(28)32)20-9-5-14-29-17-20)11-12-23(31-26)19-7-2-1-3-8-19/h4-7,9-12,14,16-17,24H,1-3,8,13,15H2,(H2,28,32)(H,30,31). The number of carbonyl (C=O) groups is 1. The van der Waals surface area contributed by atoms with Crippen molar-refractivity contribution in [1.82, 2.24) is 9.97 Å². The van der Waals surface area contributed by atoms with Crippen LogP contribution in [0.1, 0.15) is 54.0 Å². The molecular weight excluding hydrogens is 403 g/mol. The maximum Gasteiger partial charge on any atom is 0.229 e. The van der Waals surface area contributed by atoms with E-state index in [1.807, 2.05) is 24.3 Å². The van der Waals surface area contributed by atoms with Gasteiger partial charge in [0, 0.05) is 24.5 Å². The number of nitrogens with zero attached hydrogens (tertiary/aromatic N) is 2. The van der Waals surface area contributed by atoms with E-state index in [1.54, 1.807) is 24.5 Å². The smallest absolute Gasteiger partial charge is 0.229 e. The molecule has 0 saturated heterocycles. The van der Waals surface area contributed by atoms with Gasteiger partial charge in [-0.2, -0.15) is 0 Å². The van der Waals surface area contributed by atoms with Crippen LogP contribution < -0.4 is 11.1 Å². The van der Waals surface area contributed by atoms with E-state index in [4.69, 9.17) is 10.7 Å². The Morgan fingerprint density at radius 3 is 2.78 bits per heavy atom. The van der Waals surface area contributed by atoms with Gasteiger partial charge in [-0.3, -0.25) is 9.78 Å². The summed E-state index contributed by atoms with van der Waals surface area (Å²) in [5.41, 5.74) is 10.3. The first kappa shape index (κ1) is 21.7. The van der Waals surface area contributed by atoms with Crippen molar-refractivity contribution in [2.75, 3.05) is 11.9 Å². The van der Waals surface area contributed by atoms with E-state index >= 15 is 0 Å². The Kier molecular flexibility index (Phi) is 6.90. The lowest BCUT2D eigenvalue weighted by Gasteiger charge is -2.20.